The Morgan fingerprint density at radius 1 is 1.39 bits per heavy atom. The minimum absolute atomic E-state index is 0.0981. The smallest absolute Gasteiger partial charge is 0.275 e. The Hall–Kier alpha value is -2.18. The predicted molar refractivity (Wildman–Crippen MR) is 63.0 cm³/mol. The normalized spacial score (nSPS) is 20.1. The number of hydrogen-bond donors (Lipinski definition) is 1. The Kier molecular flexibility index (Phi) is 3.14. The van der Waals surface area contributed by atoms with E-state index in [-0.39, 0.29) is 23.1 Å². The summed E-state index contributed by atoms with van der Waals surface area (Å²) in [6.45, 7) is 2.64. The Balaban J connectivity index is 2.21. The molecule has 1 aliphatic rings. The lowest BCUT2D eigenvalue weighted by atomic mass is 10.1. The van der Waals surface area contributed by atoms with Gasteiger partial charge >= 0.3 is 0 Å². The molecule has 1 aliphatic heterocycles. The largest absolute Gasteiger partial charge is 0.342 e. The number of H-pyrrole nitrogens is 1. The number of hydrogen-bond acceptors (Lipinski definition) is 4. The highest BCUT2D eigenvalue weighted by atomic mass is 16.2. The summed E-state index contributed by atoms with van der Waals surface area (Å²) in [6, 6.07) is 2.09. The van der Waals surface area contributed by atoms with Crippen molar-refractivity contribution in [2.45, 2.75) is 13.0 Å². The number of rotatable bonds is 1. The van der Waals surface area contributed by atoms with Gasteiger partial charge in [0.15, 0.2) is 0 Å². The Morgan fingerprint density at radius 2 is 2.11 bits per heavy atom. The summed E-state index contributed by atoms with van der Waals surface area (Å²) in [4.78, 5) is 37.9. The Morgan fingerprint density at radius 3 is 2.72 bits per heavy atom. The molecular weight excluding hydrogens is 236 g/mol. The monoisotopic (exact) mass is 250 g/mol. The maximum Gasteiger partial charge on any atom is 0.275 e. The summed E-state index contributed by atoms with van der Waals surface area (Å²) >= 11 is 0. The number of aromatic nitrogens is 2. The summed E-state index contributed by atoms with van der Waals surface area (Å²) in [5.74, 6) is -0.445. The first kappa shape index (κ1) is 12.3. The molecule has 7 nitrogen and oxygen atoms in total. The van der Waals surface area contributed by atoms with Crippen molar-refractivity contribution in [3.8, 4) is 0 Å². The van der Waals surface area contributed by atoms with E-state index in [4.69, 9.17) is 0 Å². The van der Waals surface area contributed by atoms with Crippen molar-refractivity contribution in [1.29, 1.82) is 0 Å². The summed E-state index contributed by atoms with van der Waals surface area (Å²) in [5, 5.41) is 5.88. The van der Waals surface area contributed by atoms with E-state index in [1.165, 1.54) is 17.0 Å². The van der Waals surface area contributed by atoms with Crippen LogP contribution < -0.4 is 5.56 Å². The van der Waals surface area contributed by atoms with Crippen molar-refractivity contribution in [2.75, 3.05) is 20.1 Å². The first-order valence-corrected chi connectivity index (χ1v) is 5.62. The second-order valence-corrected chi connectivity index (χ2v) is 4.24. The molecule has 7 heteroatoms. The highest BCUT2D eigenvalue weighted by molar-refractivity contribution is 5.96. The summed E-state index contributed by atoms with van der Waals surface area (Å²) in [7, 11) is 1.71. The van der Waals surface area contributed by atoms with Crippen LogP contribution in [-0.4, -0.2) is 58.0 Å². The van der Waals surface area contributed by atoms with E-state index in [1.54, 1.807) is 18.9 Å². The number of carbonyl (C=O) groups excluding carboxylic acids is 2. The summed E-state index contributed by atoms with van der Waals surface area (Å²) in [5.41, 5.74) is -0.229. The average molecular weight is 250 g/mol. The van der Waals surface area contributed by atoms with E-state index in [0.29, 0.717) is 13.1 Å². The van der Waals surface area contributed by atoms with Crippen LogP contribution in [-0.2, 0) is 4.79 Å². The first-order valence-electron chi connectivity index (χ1n) is 5.62. The molecule has 1 aromatic rings. The maximum absolute atomic E-state index is 12.1. The van der Waals surface area contributed by atoms with Gasteiger partial charge < -0.3 is 9.80 Å². The van der Waals surface area contributed by atoms with Gasteiger partial charge in [0.25, 0.3) is 11.5 Å². The fourth-order valence-corrected chi connectivity index (χ4v) is 1.90. The van der Waals surface area contributed by atoms with Crippen LogP contribution >= 0.6 is 0 Å². The molecule has 96 valence electrons. The number of nitrogens with one attached hydrogen (secondary N) is 1. The topological polar surface area (TPSA) is 86.4 Å². The van der Waals surface area contributed by atoms with Gasteiger partial charge in [-0.15, -0.1) is 0 Å². The molecule has 1 aromatic heterocycles. The van der Waals surface area contributed by atoms with Crippen molar-refractivity contribution >= 4 is 11.8 Å². The van der Waals surface area contributed by atoms with Crippen LogP contribution in [0.4, 0.5) is 0 Å². The molecule has 0 aliphatic carbocycles. The van der Waals surface area contributed by atoms with Crippen molar-refractivity contribution in [1.82, 2.24) is 20.0 Å². The van der Waals surface area contributed by atoms with Crippen LogP contribution in [0.15, 0.2) is 16.9 Å². The van der Waals surface area contributed by atoms with Gasteiger partial charge in [0.2, 0.25) is 5.91 Å². The van der Waals surface area contributed by atoms with Crippen LogP contribution in [0.5, 0.6) is 0 Å². The third-order valence-corrected chi connectivity index (χ3v) is 3.04. The van der Waals surface area contributed by atoms with E-state index in [0.717, 1.165) is 0 Å². The second-order valence-electron chi connectivity index (χ2n) is 4.24. The zero-order chi connectivity index (χ0) is 13.3. The minimum atomic E-state index is -0.509. The molecule has 1 atom stereocenters. The Bertz CT molecular complexity index is 519. The molecule has 18 heavy (non-hydrogen) atoms. The number of piperazine rings is 1. The fraction of sp³-hybridized carbons (Fsp3) is 0.455. The van der Waals surface area contributed by atoms with E-state index < -0.39 is 6.04 Å². The van der Waals surface area contributed by atoms with E-state index >= 15 is 0 Å². The first-order chi connectivity index (χ1) is 8.50. The van der Waals surface area contributed by atoms with Crippen molar-refractivity contribution in [3.63, 3.8) is 0 Å². The van der Waals surface area contributed by atoms with Crippen LogP contribution in [0.25, 0.3) is 0 Å². The third-order valence-electron chi connectivity index (χ3n) is 3.04. The minimum Gasteiger partial charge on any atom is -0.342 e. The van der Waals surface area contributed by atoms with Gasteiger partial charge in [-0.05, 0) is 13.0 Å². The second kappa shape index (κ2) is 4.59. The van der Waals surface area contributed by atoms with Crippen molar-refractivity contribution in [3.05, 3.63) is 28.2 Å². The van der Waals surface area contributed by atoms with Gasteiger partial charge in [-0.1, -0.05) is 0 Å². The fourth-order valence-electron chi connectivity index (χ4n) is 1.90. The molecule has 2 amide bonds. The quantitative estimate of drug-likeness (QED) is 0.698. The molecular formula is C11H14N4O3. The van der Waals surface area contributed by atoms with Gasteiger partial charge in [0, 0.05) is 26.2 Å². The zero-order valence-corrected chi connectivity index (χ0v) is 10.2. The van der Waals surface area contributed by atoms with Gasteiger partial charge in [-0.25, -0.2) is 5.10 Å². The molecule has 1 saturated heterocycles. The molecule has 2 rings (SSSR count). The lowest BCUT2D eigenvalue weighted by Crippen LogP contribution is -2.56. The molecule has 0 aromatic carbocycles. The van der Waals surface area contributed by atoms with Crippen molar-refractivity contribution < 1.29 is 9.59 Å². The number of amides is 2. The van der Waals surface area contributed by atoms with Crippen molar-refractivity contribution in [2.24, 2.45) is 0 Å². The molecule has 1 fully saturated rings. The van der Waals surface area contributed by atoms with E-state index in [2.05, 4.69) is 10.2 Å². The molecule has 0 radical (unpaired) electrons. The SMILES string of the molecule is CC1C(=O)N(C)CCN1C(=O)c1ccc(=O)[nH]n1. The summed E-state index contributed by atoms with van der Waals surface area (Å²) in [6.07, 6.45) is 0. The highest BCUT2D eigenvalue weighted by Crippen LogP contribution is 2.12. The number of carbonyl (C=O) groups is 2. The summed E-state index contributed by atoms with van der Waals surface area (Å²) < 4.78 is 0. The average Bonchev–Trinajstić information content (AvgIpc) is 2.36. The predicted octanol–water partition coefficient (Wildman–Crippen LogP) is -0.927. The van der Waals surface area contributed by atoms with Crippen LogP contribution in [0, 0.1) is 0 Å². The number of nitrogens with zero attached hydrogens (tertiary/aromatic N) is 3. The van der Waals surface area contributed by atoms with E-state index in [1.807, 2.05) is 0 Å². The van der Waals surface area contributed by atoms with Gasteiger partial charge in [0.05, 0.1) is 0 Å². The third kappa shape index (κ3) is 2.11. The van der Waals surface area contributed by atoms with Crippen LogP contribution in [0.1, 0.15) is 17.4 Å². The zero-order valence-electron chi connectivity index (χ0n) is 10.2. The lowest BCUT2D eigenvalue weighted by Gasteiger charge is -2.37. The lowest BCUT2D eigenvalue weighted by molar-refractivity contribution is -0.137. The molecule has 1 N–H and O–H groups in total. The number of likely N-dealkylation sites (N-methyl/N-ethyl adjacent to an activating group) is 1. The standard InChI is InChI=1S/C11H14N4O3/c1-7-10(17)14(2)5-6-15(7)11(18)8-3-4-9(16)13-12-8/h3-4,7H,5-6H2,1-2H3,(H,13,16). The molecule has 0 bridgehead atoms. The highest BCUT2D eigenvalue weighted by Gasteiger charge is 2.33. The van der Waals surface area contributed by atoms with Gasteiger partial charge in [0.1, 0.15) is 11.7 Å². The van der Waals surface area contributed by atoms with E-state index in [9.17, 15) is 14.4 Å². The van der Waals surface area contributed by atoms with Crippen LogP contribution in [0.2, 0.25) is 0 Å². The van der Waals surface area contributed by atoms with Crippen LogP contribution in [0.3, 0.4) is 0 Å². The van der Waals surface area contributed by atoms with Gasteiger partial charge in [-0.2, -0.15) is 5.10 Å². The maximum atomic E-state index is 12.1. The van der Waals surface area contributed by atoms with Gasteiger partial charge in [-0.3, -0.25) is 14.4 Å². The molecule has 0 spiro atoms. The molecule has 0 saturated carbocycles. The molecule has 1 unspecified atom stereocenters. The Labute approximate surface area is 103 Å². The molecule has 2 heterocycles. The number of aromatic amines is 1.